The third-order valence-electron chi connectivity index (χ3n) is 3.59. The van der Waals surface area contributed by atoms with Crippen LogP contribution in [-0.4, -0.2) is 16.0 Å². The summed E-state index contributed by atoms with van der Waals surface area (Å²) in [6.45, 7) is 2.04. The number of halogens is 1. The molecule has 3 rings (SSSR count). The van der Waals surface area contributed by atoms with Crippen LogP contribution in [0.15, 0.2) is 24.3 Å². The maximum Gasteiger partial charge on any atom is 0.110 e. The molecular weight excluding hydrogens is 246 g/mol. The Labute approximate surface area is 111 Å². The first kappa shape index (κ1) is 11.8. The smallest absolute Gasteiger partial charge is 0.110 e. The molecule has 1 heterocycles. The average Bonchev–Trinajstić information content (AvgIpc) is 2.67. The molecule has 0 bridgehead atoms. The highest BCUT2D eigenvalue weighted by atomic mass is 35.5. The van der Waals surface area contributed by atoms with Gasteiger partial charge in [0, 0.05) is 23.2 Å². The number of rotatable bonds is 2. The molecule has 1 saturated carbocycles. The highest BCUT2D eigenvalue weighted by Crippen LogP contribution is 2.36. The van der Waals surface area contributed by atoms with E-state index in [-0.39, 0.29) is 0 Å². The molecule has 0 amide bonds. The van der Waals surface area contributed by atoms with E-state index in [9.17, 15) is 0 Å². The molecule has 1 aliphatic rings. The minimum absolute atomic E-state index is 0.337. The molecule has 1 aromatic carbocycles. The largest absolute Gasteiger partial charge is 0.345 e. The lowest BCUT2D eigenvalue weighted by Crippen LogP contribution is -2.35. The lowest BCUT2D eigenvalue weighted by atomic mass is 9.80. The number of aromatic amines is 1. The SMILES string of the molecule is Cc1[nH]c(C2CC(N)C2)nc1-c1ccccc1Cl. The summed E-state index contributed by atoms with van der Waals surface area (Å²) in [6.07, 6.45) is 2.05. The van der Waals surface area contributed by atoms with Crippen LogP contribution in [-0.2, 0) is 0 Å². The van der Waals surface area contributed by atoms with Gasteiger partial charge in [-0.3, -0.25) is 0 Å². The van der Waals surface area contributed by atoms with Crippen LogP contribution in [0.1, 0.15) is 30.3 Å². The molecule has 3 N–H and O–H groups in total. The third kappa shape index (κ3) is 1.93. The molecule has 4 heteroatoms. The topological polar surface area (TPSA) is 54.7 Å². The Kier molecular flexibility index (Phi) is 2.88. The lowest BCUT2D eigenvalue weighted by Gasteiger charge is -2.30. The molecule has 0 radical (unpaired) electrons. The summed E-state index contributed by atoms with van der Waals surface area (Å²) < 4.78 is 0. The van der Waals surface area contributed by atoms with Crippen LogP contribution >= 0.6 is 11.6 Å². The molecule has 3 nitrogen and oxygen atoms in total. The minimum Gasteiger partial charge on any atom is -0.345 e. The second-order valence-electron chi connectivity index (χ2n) is 5.00. The first-order valence-electron chi connectivity index (χ1n) is 6.22. The molecule has 0 spiro atoms. The van der Waals surface area contributed by atoms with E-state index in [1.807, 2.05) is 31.2 Å². The lowest BCUT2D eigenvalue weighted by molar-refractivity contribution is 0.340. The minimum atomic E-state index is 0.337. The van der Waals surface area contributed by atoms with Crippen molar-refractivity contribution in [2.24, 2.45) is 5.73 Å². The van der Waals surface area contributed by atoms with Gasteiger partial charge in [0.15, 0.2) is 0 Å². The van der Waals surface area contributed by atoms with Crippen LogP contribution < -0.4 is 5.73 Å². The quantitative estimate of drug-likeness (QED) is 0.872. The first-order chi connectivity index (χ1) is 8.65. The molecule has 0 unspecified atom stereocenters. The zero-order valence-electron chi connectivity index (χ0n) is 10.3. The third-order valence-corrected chi connectivity index (χ3v) is 3.92. The Morgan fingerprint density at radius 2 is 2.06 bits per heavy atom. The Balaban J connectivity index is 1.96. The van der Waals surface area contributed by atoms with Crippen molar-refractivity contribution in [1.82, 2.24) is 9.97 Å². The predicted molar refractivity (Wildman–Crippen MR) is 73.7 cm³/mol. The highest BCUT2D eigenvalue weighted by Gasteiger charge is 2.30. The Morgan fingerprint density at radius 3 is 2.72 bits per heavy atom. The molecule has 0 saturated heterocycles. The number of H-pyrrole nitrogens is 1. The van der Waals surface area contributed by atoms with Gasteiger partial charge in [-0.2, -0.15) is 0 Å². The zero-order chi connectivity index (χ0) is 12.7. The van der Waals surface area contributed by atoms with Crippen molar-refractivity contribution in [3.05, 3.63) is 40.8 Å². The van der Waals surface area contributed by atoms with Crippen molar-refractivity contribution in [2.75, 3.05) is 0 Å². The summed E-state index contributed by atoms with van der Waals surface area (Å²) in [4.78, 5) is 8.07. The van der Waals surface area contributed by atoms with E-state index >= 15 is 0 Å². The van der Waals surface area contributed by atoms with E-state index in [4.69, 9.17) is 22.3 Å². The fourth-order valence-corrected chi connectivity index (χ4v) is 2.70. The first-order valence-corrected chi connectivity index (χ1v) is 6.60. The second kappa shape index (κ2) is 4.41. The molecule has 18 heavy (non-hydrogen) atoms. The van der Waals surface area contributed by atoms with Gasteiger partial charge in [0.2, 0.25) is 0 Å². The molecule has 1 fully saturated rings. The fourth-order valence-electron chi connectivity index (χ4n) is 2.48. The molecule has 0 aliphatic heterocycles. The Morgan fingerprint density at radius 1 is 1.33 bits per heavy atom. The van der Waals surface area contributed by atoms with Crippen LogP contribution in [0.25, 0.3) is 11.3 Å². The molecular formula is C14H16ClN3. The van der Waals surface area contributed by atoms with E-state index < -0.39 is 0 Å². The maximum absolute atomic E-state index is 6.22. The Bertz CT molecular complexity index is 570. The van der Waals surface area contributed by atoms with E-state index in [1.165, 1.54) is 0 Å². The monoisotopic (exact) mass is 261 g/mol. The average molecular weight is 262 g/mol. The highest BCUT2D eigenvalue weighted by molar-refractivity contribution is 6.33. The fraction of sp³-hybridized carbons (Fsp3) is 0.357. The van der Waals surface area contributed by atoms with Crippen LogP contribution in [0, 0.1) is 6.92 Å². The van der Waals surface area contributed by atoms with Gasteiger partial charge in [-0.05, 0) is 25.8 Å². The van der Waals surface area contributed by atoms with Crippen molar-refractivity contribution in [3.63, 3.8) is 0 Å². The number of benzene rings is 1. The van der Waals surface area contributed by atoms with Gasteiger partial charge < -0.3 is 10.7 Å². The van der Waals surface area contributed by atoms with Crippen LogP contribution in [0.5, 0.6) is 0 Å². The van der Waals surface area contributed by atoms with Crippen molar-refractivity contribution in [3.8, 4) is 11.3 Å². The molecule has 1 aliphatic carbocycles. The van der Waals surface area contributed by atoms with Crippen molar-refractivity contribution in [1.29, 1.82) is 0 Å². The number of aryl methyl sites for hydroxylation is 1. The van der Waals surface area contributed by atoms with Gasteiger partial charge >= 0.3 is 0 Å². The zero-order valence-corrected chi connectivity index (χ0v) is 11.0. The van der Waals surface area contributed by atoms with E-state index in [2.05, 4.69) is 4.98 Å². The number of nitrogens with one attached hydrogen (secondary N) is 1. The van der Waals surface area contributed by atoms with Gasteiger partial charge in [-0.1, -0.05) is 29.8 Å². The normalized spacial score (nSPS) is 22.8. The van der Waals surface area contributed by atoms with Crippen molar-refractivity contribution >= 4 is 11.6 Å². The molecule has 0 atom stereocenters. The summed E-state index contributed by atoms with van der Waals surface area (Å²) in [5.74, 6) is 1.53. The summed E-state index contributed by atoms with van der Waals surface area (Å²) in [5, 5.41) is 0.740. The number of aromatic nitrogens is 2. The van der Waals surface area contributed by atoms with Gasteiger partial charge in [0.25, 0.3) is 0 Å². The number of nitrogens with two attached hydrogens (primary N) is 1. The molecule has 94 valence electrons. The number of hydrogen-bond donors (Lipinski definition) is 2. The van der Waals surface area contributed by atoms with E-state index in [0.29, 0.717) is 12.0 Å². The number of imidazole rings is 1. The van der Waals surface area contributed by atoms with E-state index in [1.54, 1.807) is 0 Å². The van der Waals surface area contributed by atoms with Crippen LogP contribution in [0.2, 0.25) is 5.02 Å². The predicted octanol–water partition coefficient (Wildman–Crippen LogP) is 3.24. The summed E-state index contributed by atoms with van der Waals surface area (Å²) >= 11 is 6.22. The van der Waals surface area contributed by atoms with Gasteiger partial charge in [0.05, 0.1) is 10.7 Å². The van der Waals surface area contributed by atoms with Crippen LogP contribution in [0.3, 0.4) is 0 Å². The maximum atomic E-state index is 6.22. The summed E-state index contributed by atoms with van der Waals surface area (Å²) in [6, 6.07) is 8.14. The van der Waals surface area contributed by atoms with Crippen LogP contribution in [0.4, 0.5) is 0 Å². The van der Waals surface area contributed by atoms with E-state index in [0.717, 1.165) is 40.6 Å². The molecule has 1 aromatic heterocycles. The number of hydrogen-bond acceptors (Lipinski definition) is 2. The van der Waals surface area contributed by atoms with Crippen molar-refractivity contribution < 1.29 is 0 Å². The van der Waals surface area contributed by atoms with Gasteiger partial charge in [0.1, 0.15) is 5.82 Å². The standard InChI is InChI=1S/C14H16ClN3/c1-8-13(11-4-2-3-5-12(11)15)18-14(17-8)9-6-10(16)7-9/h2-5,9-10H,6-7,16H2,1H3,(H,17,18). The van der Waals surface area contributed by atoms with Gasteiger partial charge in [-0.15, -0.1) is 0 Å². The second-order valence-corrected chi connectivity index (χ2v) is 5.41. The summed E-state index contributed by atoms with van der Waals surface area (Å²) in [5.41, 5.74) is 8.84. The Hall–Kier alpha value is -1.32. The number of nitrogens with zero attached hydrogens (tertiary/aromatic N) is 1. The summed E-state index contributed by atoms with van der Waals surface area (Å²) in [7, 11) is 0. The molecule has 2 aromatic rings. The van der Waals surface area contributed by atoms with Gasteiger partial charge in [-0.25, -0.2) is 4.98 Å². The van der Waals surface area contributed by atoms with Crippen molar-refractivity contribution in [2.45, 2.75) is 31.7 Å².